The molecule has 4 rings (SSSR count). The van der Waals surface area contributed by atoms with Crippen LogP contribution in [-0.4, -0.2) is 22.8 Å². The zero-order chi connectivity index (χ0) is 16.4. The lowest BCUT2D eigenvalue weighted by Gasteiger charge is -2.37. The van der Waals surface area contributed by atoms with E-state index < -0.39 is 0 Å². The molecule has 0 aromatic heterocycles. The van der Waals surface area contributed by atoms with Gasteiger partial charge in [0.15, 0.2) is 0 Å². The van der Waals surface area contributed by atoms with Crippen molar-refractivity contribution >= 4 is 10.8 Å². The largest absolute Gasteiger partial charge is 0.378 e. The van der Waals surface area contributed by atoms with Crippen molar-refractivity contribution in [3.05, 3.63) is 83.9 Å². The van der Waals surface area contributed by atoms with Crippen LogP contribution in [0.25, 0.3) is 10.8 Å². The van der Waals surface area contributed by atoms with Gasteiger partial charge in [-0.05, 0) is 40.7 Å². The second-order valence-electron chi connectivity index (χ2n) is 6.73. The number of nitrogens with zero attached hydrogens (tertiary/aromatic N) is 1. The van der Waals surface area contributed by atoms with Crippen LogP contribution in [-0.2, 0) is 6.54 Å². The fourth-order valence-electron chi connectivity index (χ4n) is 3.88. The van der Waals surface area contributed by atoms with Crippen LogP contribution < -0.4 is 0 Å². The van der Waals surface area contributed by atoms with Gasteiger partial charge in [0.05, 0.1) is 0 Å². The highest BCUT2D eigenvalue weighted by molar-refractivity contribution is 5.86. The zero-order valence-corrected chi connectivity index (χ0v) is 13.8. The standard InChI is InChI=1S/C22H23NO/c24-22-15-19(13-14-23(22)16-17-7-2-1-3-8-17)21-12-6-10-18-9-4-5-11-20(18)21/h1-12,19,22,24H,13-16H2. The Kier molecular flexibility index (Phi) is 4.33. The minimum absolute atomic E-state index is 0.372. The van der Waals surface area contributed by atoms with Crippen molar-refractivity contribution in [1.82, 2.24) is 4.90 Å². The fraction of sp³-hybridized carbons (Fsp3) is 0.273. The molecule has 1 N–H and O–H groups in total. The lowest BCUT2D eigenvalue weighted by atomic mass is 9.85. The van der Waals surface area contributed by atoms with Crippen molar-refractivity contribution in [3.8, 4) is 0 Å². The molecule has 2 heteroatoms. The molecule has 3 aromatic carbocycles. The van der Waals surface area contributed by atoms with Crippen LogP contribution in [0.15, 0.2) is 72.8 Å². The summed E-state index contributed by atoms with van der Waals surface area (Å²) in [5.74, 6) is 0.429. The molecule has 24 heavy (non-hydrogen) atoms. The van der Waals surface area contributed by atoms with Gasteiger partial charge in [-0.15, -0.1) is 0 Å². The van der Waals surface area contributed by atoms with Crippen LogP contribution in [0.4, 0.5) is 0 Å². The van der Waals surface area contributed by atoms with Gasteiger partial charge in [-0.25, -0.2) is 0 Å². The van der Waals surface area contributed by atoms with Crippen LogP contribution >= 0.6 is 0 Å². The zero-order valence-electron chi connectivity index (χ0n) is 13.8. The summed E-state index contributed by atoms with van der Waals surface area (Å²) in [5.41, 5.74) is 2.65. The van der Waals surface area contributed by atoms with E-state index in [1.807, 2.05) is 6.07 Å². The number of hydrogen-bond acceptors (Lipinski definition) is 2. The van der Waals surface area contributed by atoms with E-state index in [-0.39, 0.29) is 6.23 Å². The molecule has 122 valence electrons. The highest BCUT2D eigenvalue weighted by atomic mass is 16.3. The highest BCUT2D eigenvalue weighted by Crippen LogP contribution is 2.35. The first kappa shape index (κ1) is 15.4. The molecule has 1 fully saturated rings. The first-order chi connectivity index (χ1) is 11.8. The normalized spacial score (nSPS) is 21.9. The third kappa shape index (κ3) is 3.08. The molecule has 0 radical (unpaired) electrons. The second-order valence-corrected chi connectivity index (χ2v) is 6.73. The molecule has 0 saturated carbocycles. The molecule has 2 atom stereocenters. The molecular weight excluding hydrogens is 294 g/mol. The molecular formula is C22H23NO. The van der Waals surface area contributed by atoms with E-state index in [1.165, 1.54) is 21.9 Å². The first-order valence-electron chi connectivity index (χ1n) is 8.75. The topological polar surface area (TPSA) is 23.5 Å². The summed E-state index contributed by atoms with van der Waals surface area (Å²) in [6.45, 7) is 1.76. The van der Waals surface area contributed by atoms with Crippen molar-refractivity contribution in [2.75, 3.05) is 6.54 Å². The minimum Gasteiger partial charge on any atom is -0.378 e. The Morgan fingerprint density at radius 2 is 1.62 bits per heavy atom. The maximum Gasteiger partial charge on any atom is 0.108 e. The smallest absolute Gasteiger partial charge is 0.108 e. The number of aliphatic hydroxyl groups excluding tert-OH is 1. The van der Waals surface area contributed by atoms with Crippen LogP contribution in [0.1, 0.15) is 29.9 Å². The Morgan fingerprint density at radius 3 is 2.46 bits per heavy atom. The van der Waals surface area contributed by atoms with Crippen LogP contribution in [0.5, 0.6) is 0 Å². The van der Waals surface area contributed by atoms with Gasteiger partial charge in [0.1, 0.15) is 6.23 Å². The molecule has 1 heterocycles. The number of hydrogen-bond donors (Lipinski definition) is 1. The van der Waals surface area contributed by atoms with E-state index in [2.05, 4.69) is 71.6 Å². The third-order valence-electron chi connectivity index (χ3n) is 5.17. The maximum atomic E-state index is 10.7. The average molecular weight is 317 g/mol. The number of fused-ring (bicyclic) bond motifs is 1. The lowest BCUT2D eigenvalue weighted by Crippen LogP contribution is -2.41. The van der Waals surface area contributed by atoms with E-state index in [4.69, 9.17) is 0 Å². The molecule has 3 aromatic rings. The van der Waals surface area contributed by atoms with Gasteiger partial charge in [-0.2, -0.15) is 0 Å². The Hall–Kier alpha value is -2.16. The predicted molar refractivity (Wildman–Crippen MR) is 98.8 cm³/mol. The predicted octanol–water partition coefficient (Wildman–Crippen LogP) is 4.54. The van der Waals surface area contributed by atoms with E-state index in [1.54, 1.807) is 0 Å². The van der Waals surface area contributed by atoms with Crippen molar-refractivity contribution < 1.29 is 5.11 Å². The van der Waals surface area contributed by atoms with Gasteiger partial charge >= 0.3 is 0 Å². The van der Waals surface area contributed by atoms with Crippen molar-refractivity contribution in [1.29, 1.82) is 0 Å². The highest BCUT2D eigenvalue weighted by Gasteiger charge is 2.28. The van der Waals surface area contributed by atoms with Crippen molar-refractivity contribution in [2.24, 2.45) is 0 Å². The summed E-state index contributed by atoms with van der Waals surface area (Å²) >= 11 is 0. The van der Waals surface area contributed by atoms with E-state index >= 15 is 0 Å². The molecule has 1 aliphatic rings. The van der Waals surface area contributed by atoms with Gasteiger partial charge in [0.2, 0.25) is 0 Å². The maximum absolute atomic E-state index is 10.7. The lowest BCUT2D eigenvalue weighted by molar-refractivity contribution is -0.0359. The average Bonchev–Trinajstić information content (AvgIpc) is 2.64. The van der Waals surface area contributed by atoms with Gasteiger partial charge in [0.25, 0.3) is 0 Å². The van der Waals surface area contributed by atoms with Crippen LogP contribution in [0.3, 0.4) is 0 Å². The number of piperidine rings is 1. The van der Waals surface area contributed by atoms with Gasteiger partial charge in [-0.1, -0.05) is 72.8 Å². The van der Waals surface area contributed by atoms with E-state index in [0.717, 1.165) is 25.9 Å². The summed E-state index contributed by atoms with van der Waals surface area (Å²) in [7, 11) is 0. The molecule has 0 spiro atoms. The summed E-state index contributed by atoms with van der Waals surface area (Å²) in [5, 5.41) is 13.3. The molecule has 1 saturated heterocycles. The Labute approximate surface area is 143 Å². The monoisotopic (exact) mass is 317 g/mol. The summed E-state index contributed by atoms with van der Waals surface area (Å²) in [6, 6.07) is 25.5. The van der Waals surface area contributed by atoms with Gasteiger partial charge < -0.3 is 5.11 Å². The van der Waals surface area contributed by atoms with Crippen LogP contribution in [0.2, 0.25) is 0 Å². The molecule has 0 amide bonds. The quantitative estimate of drug-likeness (QED) is 0.767. The Morgan fingerprint density at radius 1 is 0.875 bits per heavy atom. The minimum atomic E-state index is -0.372. The second kappa shape index (κ2) is 6.76. The van der Waals surface area contributed by atoms with Gasteiger partial charge in [0, 0.05) is 13.1 Å². The Bertz CT molecular complexity index is 809. The first-order valence-corrected chi connectivity index (χ1v) is 8.75. The Balaban J connectivity index is 1.52. The summed E-state index contributed by atoms with van der Waals surface area (Å²) < 4.78 is 0. The van der Waals surface area contributed by atoms with Crippen molar-refractivity contribution in [2.45, 2.75) is 31.5 Å². The van der Waals surface area contributed by atoms with Crippen molar-refractivity contribution in [3.63, 3.8) is 0 Å². The third-order valence-corrected chi connectivity index (χ3v) is 5.17. The SMILES string of the molecule is OC1CC(c2cccc3ccccc23)CCN1Cc1ccccc1. The number of benzene rings is 3. The fourth-order valence-corrected chi connectivity index (χ4v) is 3.88. The molecule has 0 bridgehead atoms. The number of likely N-dealkylation sites (tertiary alicyclic amines) is 1. The molecule has 1 aliphatic heterocycles. The number of rotatable bonds is 3. The van der Waals surface area contributed by atoms with Crippen LogP contribution in [0, 0.1) is 0 Å². The summed E-state index contributed by atoms with van der Waals surface area (Å²) in [4.78, 5) is 2.19. The molecule has 0 aliphatic carbocycles. The molecule has 2 nitrogen and oxygen atoms in total. The van der Waals surface area contributed by atoms with E-state index in [0.29, 0.717) is 5.92 Å². The van der Waals surface area contributed by atoms with Gasteiger partial charge in [-0.3, -0.25) is 4.90 Å². The van der Waals surface area contributed by atoms with E-state index in [9.17, 15) is 5.11 Å². The number of aliphatic hydroxyl groups is 1. The summed E-state index contributed by atoms with van der Waals surface area (Å²) in [6.07, 6.45) is 1.53. The molecule has 2 unspecified atom stereocenters.